The number of carbonyl (C=O) groups excluding carboxylic acids is 3. The van der Waals surface area contributed by atoms with Crippen LogP contribution in [-0.4, -0.2) is 46.4 Å². The predicted octanol–water partition coefficient (Wildman–Crippen LogP) is 4.39. The zero-order valence-corrected chi connectivity index (χ0v) is 22.1. The van der Waals surface area contributed by atoms with Crippen LogP contribution in [0.2, 0.25) is 5.02 Å². The van der Waals surface area contributed by atoms with Crippen LogP contribution >= 0.6 is 11.6 Å². The molecule has 1 aliphatic carbocycles. The van der Waals surface area contributed by atoms with Crippen molar-refractivity contribution in [3.63, 3.8) is 0 Å². The van der Waals surface area contributed by atoms with E-state index in [1.165, 1.54) is 6.42 Å². The van der Waals surface area contributed by atoms with Crippen LogP contribution in [0, 0.1) is 18.8 Å². The molecule has 2 aromatic carbocycles. The van der Waals surface area contributed by atoms with Gasteiger partial charge in [-0.25, -0.2) is 0 Å². The molecule has 38 heavy (non-hydrogen) atoms. The van der Waals surface area contributed by atoms with Crippen molar-refractivity contribution in [2.24, 2.45) is 11.8 Å². The highest BCUT2D eigenvalue weighted by Crippen LogP contribution is 2.55. The average molecular weight is 534 g/mol. The van der Waals surface area contributed by atoms with Crippen molar-refractivity contribution in [1.82, 2.24) is 10.2 Å². The second-order valence-electron chi connectivity index (χ2n) is 11.0. The van der Waals surface area contributed by atoms with Gasteiger partial charge in [0.05, 0.1) is 17.9 Å². The van der Waals surface area contributed by atoms with Crippen molar-refractivity contribution >= 4 is 35.0 Å². The van der Waals surface area contributed by atoms with E-state index in [1.54, 1.807) is 11.0 Å². The molecule has 7 nitrogen and oxygen atoms in total. The standard InChI is InChI=1S/C30H32ClN3O4/c1-18-11-13-21(14-12-18)32-27(35)24-23-15-16-30(38-23)25(24)29(37)34(17-19-7-5-6-10-22(19)31)26(30)28(36)33-20-8-3-2-4-9-20/h5-7,10-16,20,23-26H,2-4,8-9,17H2,1H3,(H,32,35)(H,33,36)/t23-,24+,25-,26+,30-/m1/s1. The van der Waals surface area contributed by atoms with Crippen molar-refractivity contribution in [3.8, 4) is 0 Å². The Morgan fingerprint density at radius 1 is 1.05 bits per heavy atom. The number of likely N-dealkylation sites (tertiary alicyclic amines) is 1. The number of benzene rings is 2. The number of hydrogen-bond acceptors (Lipinski definition) is 4. The second kappa shape index (κ2) is 9.86. The number of fused-ring (bicyclic) bond motifs is 1. The molecule has 2 saturated heterocycles. The van der Waals surface area contributed by atoms with Crippen LogP contribution in [-0.2, 0) is 25.7 Å². The molecule has 3 fully saturated rings. The van der Waals surface area contributed by atoms with Gasteiger partial charge in [-0.2, -0.15) is 0 Å². The minimum absolute atomic E-state index is 0.0761. The predicted molar refractivity (Wildman–Crippen MR) is 144 cm³/mol. The van der Waals surface area contributed by atoms with E-state index in [9.17, 15) is 14.4 Å². The summed E-state index contributed by atoms with van der Waals surface area (Å²) in [5, 5.41) is 6.70. The molecule has 8 heteroatoms. The number of anilines is 1. The monoisotopic (exact) mass is 533 g/mol. The average Bonchev–Trinajstić information content (AvgIpc) is 3.55. The van der Waals surface area contributed by atoms with E-state index >= 15 is 0 Å². The first-order valence-electron chi connectivity index (χ1n) is 13.5. The van der Waals surface area contributed by atoms with Gasteiger partial charge in [0.2, 0.25) is 17.7 Å². The first-order valence-corrected chi connectivity index (χ1v) is 13.8. The molecule has 1 spiro atoms. The minimum atomic E-state index is -1.20. The molecule has 2 aromatic rings. The highest BCUT2D eigenvalue weighted by atomic mass is 35.5. The molecular weight excluding hydrogens is 502 g/mol. The Morgan fingerprint density at radius 3 is 2.53 bits per heavy atom. The number of carbonyl (C=O) groups is 3. The molecular formula is C30H32ClN3O4. The second-order valence-corrected chi connectivity index (χ2v) is 11.4. The van der Waals surface area contributed by atoms with Crippen LogP contribution in [0.25, 0.3) is 0 Å². The van der Waals surface area contributed by atoms with Gasteiger partial charge in [0, 0.05) is 23.3 Å². The molecule has 3 aliphatic heterocycles. The molecule has 5 atom stereocenters. The SMILES string of the molecule is Cc1ccc(NC(=O)[C@H]2[C@H]3C=C[C@]4(O3)[C@H](C(=O)NC3CCCCC3)N(Cc3ccccc3Cl)C(=O)[C@@H]24)cc1. The molecule has 2 N–H and O–H groups in total. The molecule has 2 bridgehead atoms. The Labute approximate surface area is 227 Å². The number of aryl methyl sites for hydroxylation is 1. The van der Waals surface area contributed by atoms with Crippen LogP contribution in [0.15, 0.2) is 60.7 Å². The van der Waals surface area contributed by atoms with E-state index in [-0.39, 0.29) is 30.3 Å². The van der Waals surface area contributed by atoms with Crippen LogP contribution in [0.4, 0.5) is 5.69 Å². The van der Waals surface area contributed by atoms with E-state index in [0.717, 1.165) is 36.8 Å². The van der Waals surface area contributed by atoms with Gasteiger partial charge >= 0.3 is 0 Å². The number of halogens is 1. The lowest BCUT2D eigenvalue weighted by molar-refractivity contribution is -0.142. The molecule has 3 amide bonds. The molecule has 6 rings (SSSR count). The van der Waals surface area contributed by atoms with E-state index in [0.29, 0.717) is 10.7 Å². The van der Waals surface area contributed by atoms with Gasteiger partial charge in [-0.1, -0.05) is 78.9 Å². The lowest BCUT2D eigenvalue weighted by Gasteiger charge is -2.34. The van der Waals surface area contributed by atoms with Gasteiger partial charge in [-0.3, -0.25) is 14.4 Å². The quantitative estimate of drug-likeness (QED) is 0.539. The summed E-state index contributed by atoms with van der Waals surface area (Å²) in [6.07, 6.45) is 8.28. The Bertz CT molecular complexity index is 1290. The summed E-state index contributed by atoms with van der Waals surface area (Å²) in [7, 11) is 0. The summed E-state index contributed by atoms with van der Waals surface area (Å²) in [5.41, 5.74) is 1.29. The Morgan fingerprint density at radius 2 is 1.79 bits per heavy atom. The molecule has 0 unspecified atom stereocenters. The summed E-state index contributed by atoms with van der Waals surface area (Å²) < 4.78 is 6.44. The van der Waals surface area contributed by atoms with Gasteiger partial charge in [-0.15, -0.1) is 0 Å². The van der Waals surface area contributed by atoms with E-state index < -0.39 is 29.6 Å². The molecule has 0 aromatic heterocycles. The van der Waals surface area contributed by atoms with Crippen LogP contribution in [0.5, 0.6) is 0 Å². The van der Waals surface area contributed by atoms with Crippen molar-refractivity contribution in [3.05, 3.63) is 76.8 Å². The highest BCUT2D eigenvalue weighted by molar-refractivity contribution is 6.31. The third-order valence-electron chi connectivity index (χ3n) is 8.49. The first-order chi connectivity index (χ1) is 18.4. The fourth-order valence-electron chi connectivity index (χ4n) is 6.64. The van der Waals surface area contributed by atoms with E-state index in [1.807, 2.05) is 61.5 Å². The Balaban J connectivity index is 1.33. The van der Waals surface area contributed by atoms with Crippen molar-refractivity contribution in [2.75, 3.05) is 5.32 Å². The minimum Gasteiger partial charge on any atom is -0.359 e. The van der Waals surface area contributed by atoms with Crippen LogP contribution in [0.3, 0.4) is 0 Å². The van der Waals surface area contributed by atoms with E-state index in [2.05, 4.69) is 10.6 Å². The maximum absolute atomic E-state index is 14.1. The Hall–Kier alpha value is -3.16. The van der Waals surface area contributed by atoms with Crippen molar-refractivity contribution < 1.29 is 19.1 Å². The third kappa shape index (κ3) is 4.22. The summed E-state index contributed by atoms with van der Waals surface area (Å²) in [6.45, 7) is 2.14. The van der Waals surface area contributed by atoms with Crippen molar-refractivity contribution in [2.45, 2.75) is 69.4 Å². The number of hydrogen-bond donors (Lipinski definition) is 2. The van der Waals surface area contributed by atoms with E-state index in [4.69, 9.17) is 16.3 Å². The summed E-state index contributed by atoms with van der Waals surface area (Å²) in [4.78, 5) is 43.2. The third-order valence-corrected chi connectivity index (χ3v) is 8.86. The number of ether oxygens (including phenoxy) is 1. The number of nitrogens with one attached hydrogen (secondary N) is 2. The molecule has 0 radical (unpaired) electrons. The number of nitrogens with zero attached hydrogens (tertiary/aromatic N) is 1. The highest BCUT2D eigenvalue weighted by Gasteiger charge is 2.72. The van der Waals surface area contributed by atoms with Gasteiger partial charge < -0.3 is 20.3 Å². The number of rotatable bonds is 6. The van der Waals surface area contributed by atoms with Gasteiger partial charge in [0.1, 0.15) is 11.6 Å². The lowest BCUT2D eigenvalue weighted by Crippen LogP contribution is -2.56. The smallest absolute Gasteiger partial charge is 0.246 e. The van der Waals surface area contributed by atoms with Gasteiger partial charge in [0.25, 0.3) is 0 Å². The summed E-state index contributed by atoms with van der Waals surface area (Å²) >= 11 is 6.46. The summed E-state index contributed by atoms with van der Waals surface area (Å²) in [6, 6.07) is 14.0. The van der Waals surface area contributed by atoms with Crippen LogP contribution in [0.1, 0.15) is 43.2 Å². The fourth-order valence-corrected chi connectivity index (χ4v) is 6.83. The summed E-state index contributed by atoms with van der Waals surface area (Å²) in [5.74, 6) is -2.31. The maximum atomic E-state index is 14.1. The zero-order chi connectivity index (χ0) is 26.4. The number of amides is 3. The van der Waals surface area contributed by atoms with Gasteiger partial charge in [-0.05, 0) is 43.5 Å². The molecule has 1 saturated carbocycles. The zero-order valence-electron chi connectivity index (χ0n) is 21.4. The maximum Gasteiger partial charge on any atom is 0.246 e. The molecule has 198 valence electrons. The normalized spacial score (nSPS) is 29.9. The first kappa shape index (κ1) is 25.1. The molecule has 3 heterocycles. The van der Waals surface area contributed by atoms with Crippen LogP contribution < -0.4 is 10.6 Å². The van der Waals surface area contributed by atoms with Crippen molar-refractivity contribution in [1.29, 1.82) is 0 Å². The largest absolute Gasteiger partial charge is 0.359 e. The lowest BCUT2D eigenvalue weighted by atomic mass is 9.74. The Kier molecular flexibility index (Phi) is 6.52. The fraction of sp³-hybridized carbons (Fsp3) is 0.433. The van der Waals surface area contributed by atoms with Gasteiger partial charge in [0.15, 0.2) is 0 Å². The topological polar surface area (TPSA) is 87.7 Å². The molecule has 4 aliphatic rings.